The maximum atomic E-state index is 11.8. The van der Waals surface area contributed by atoms with Gasteiger partial charge in [0.2, 0.25) is 0 Å². The van der Waals surface area contributed by atoms with Crippen LogP contribution in [0.2, 0.25) is 0 Å². The molecular formula is C15H24O3. The first kappa shape index (κ1) is 12.6. The third kappa shape index (κ3) is 1.47. The van der Waals surface area contributed by atoms with Crippen LogP contribution in [0.5, 0.6) is 0 Å². The number of fused-ring (bicyclic) bond motifs is 2. The highest BCUT2D eigenvalue weighted by Gasteiger charge is 2.63. The first-order chi connectivity index (χ1) is 8.48. The number of hydrogen-bond acceptors (Lipinski definition) is 3. The molecule has 1 saturated heterocycles. The second-order valence-corrected chi connectivity index (χ2v) is 7.53. The molecule has 3 unspecified atom stereocenters. The zero-order chi connectivity index (χ0) is 13.0. The Morgan fingerprint density at radius 2 is 2.06 bits per heavy atom. The Morgan fingerprint density at radius 3 is 2.39 bits per heavy atom. The Morgan fingerprint density at radius 1 is 1.33 bits per heavy atom. The molecule has 2 aliphatic carbocycles. The van der Waals surface area contributed by atoms with Gasteiger partial charge in [-0.25, -0.2) is 0 Å². The van der Waals surface area contributed by atoms with E-state index in [1.54, 1.807) is 0 Å². The number of rotatable bonds is 4. The van der Waals surface area contributed by atoms with Gasteiger partial charge in [-0.2, -0.15) is 0 Å². The number of hydrogen-bond donors (Lipinski definition) is 1. The van der Waals surface area contributed by atoms with E-state index in [1.165, 1.54) is 19.1 Å². The van der Waals surface area contributed by atoms with Crippen molar-refractivity contribution in [3.8, 4) is 0 Å². The predicted molar refractivity (Wildman–Crippen MR) is 68.1 cm³/mol. The lowest BCUT2D eigenvalue weighted by Crippen LogP contribution is -2.51. The smallest absolute Gasteiger partial charge is 0.126 e. The summed E-state index contributed by atoms with van der Waals surface area (Å²) in [6.07, 6.45) is 5.52. The van der Waals surface area contributed by atoms with Crippen molar-refractivity contribution in [3.05, 3.63) is 0 Å². The monoisotopic (exact) mass is 252 g/mol. The Hall–Kier alpha value is -0.410. The molecule has 0 radical (unpaired) electrons. The summed E-state index contributed by atoms with van der Waals surface area (Å²) < 4.78 is 5.29. The largest absolute Gasteiger partial charge is 0.396 e. The maximum Gasteiger partial charge on any atom is 0.126 e. The van der Waals surface area contributed by atoms with Crippen LogP contribution in [-0.4, -0.2) is 31.2 Å². The molecule has 3 fully saturated rings. The average Bonchev–Trinajstić information content (AvgIpc) is 2.71. The standard InChI is InChI=1S/C15H24O3/c1-13(2)11-3-4-12(13)15(5-11,8-17)6-14(7-16)9-18-10-14/h8,11-12,16H,3-7,9-10H2,1-2H3. The topological polar surface area (TPSA) is 46.5 Å². The third-order valence-electron chi connectivity index (χ3n) is 6.17. The minimum atomic E-state index is -0.196. The summed E-state index contributed by atoms with van der Waals surface area (Å²) in [5.74, 6) is 1.18. The van der Waals surface area contributed by atoms with Gasteiger partial charge in [-0.3, -0.25) is 0 Å². The van der Waals surface area contributed by atoms with Crippen LogP contribution in [0.15, 0.2) is 0 Å². The molecule has 0 aromatic carbocycles. The Bertz CT molecular complexity index is 353. The van der Waals surface area contributed by atoms with Crippen LogP contribution >= 0.6 is 0 Å². The van der Waals surface area contributed by atoms with Gasteiger partial charge < -0.3 is 14.6 Å². The van der Waals surface area contributed by atoms with E-state index in [4.69, 9.17) is 4.74 Å². The quantitative estimate of drug-likeness (QED) is 0.779. The summed E-state index contributed by atoms with van der Waals surface area (Å²) >= 11 is 0. The number of aliphatic hydroxyl groups is 1. The van der Waals surface area contributed by atoms with Crippen molar-refractivity contribution in [1.82, 2.24) is 0 Å². The maximum absolute atomic E-state index is 11.8. The molecule has 102 valence electrons. The molecule has 18 heavy (non-hydrogen) atoms. The van der Waals surface area contributed by atoms with Gasteiger partial charge in [0.25, 0.3) is 0 Å². The van der Waals surface area contributed by atoms with Gasteiger partial charge in [-0.15, -0.1) is 0 Å². The second-order valence-electron chi connectivity index (χ2n) is 7.53. The van der Waals surface area contributed by atoms with Gasteiger partial charge in [0.1, 0.15) is 6.29 Å². The van der Waals surface area contributed by atoms with E-state index in [0.717, 1.165) is 12.8 Å². The predicted octanol–water partition coefficient (Wildman–Crippen LogP) is 2.03. The molecule has 2 bridgehead atoms. The zero-order valence-electron chi connectivity index (χ0n) is 11.4. The molecule has 0 aromatic heterocycles. The fraction of sp³-hybridized carbons (Fsp3) is 0.933. The van der Waals surface area contributed by atoms with Crippen LogP contribution < -0.4 is 0 Å². The number of ether oxygens (including phenoxy) is 1. The molecule has 3 aliphatic rings. The van der Waals surface area contributed by atoms with Crippen LogP contribution in [0.25, 0.3) is 0 Å². The first-order valence-corrected chi connectivity index (χ1v) is 7.13. The van der Waals surface area contributed by atoms with E-state index < -0.39 is 0 Å². The Kier molecular flexibility index (Phi) is 2.66. The van der Waals surface area contributed by atoms with Gasteiger partial charge in [0, 0.05) is 10.8 Å². The highest BCUT2D eigenvalue weighted by atomic mass is 16.5. The van der Waals surface area contributed by atoms with Crippen LogP contribution in [0.3, 0.4) is 0 Å². The Labute approximate surface area is 109 Å². The van der Waals surface area contributed by atoms with Gasteiger partial charge >= 0.3 is 0 Å². The molecule has 1 heterocycles. The van der Waals surface area contributed by atoms with Gasteiger partial charge in [0.15, 0.2) is 0 Å². The van der Waals surface area contributed by atoms with E-state index in [1.807, 2.05) is 0 Å². The van der Waals surface area contributed by atoms with Gasteiger partial charge in [-0.1, -0.05) is 13.8 Å². The van der Waals surface area contributed by atoms with Crippen LogP contribution in [0, 0.1) is 28.1 Å². The number of aliphatic hydroxyl groups excluding tert-OH is 1. The summed E-state index contributed by atoms with van der Waals surface area (Å²) in [4.78, 5) is 11.8. The van der Waals surface area contributed by atoms with E-state index in [0.29, 0.717) is 30.5 Å². The zero-order valence-corrected chi connectivity index (χ0v) is 11.4. The molecule has 2 saturated carbocycles. The van der Waals surface area contributed by atoms with Gasteiger partial charge in [-0.05, 0) is 42.9 Å². The first-order valence-electron chi connectivity index (χ1n) is 7.13. The Balaban J connectivity index is 1.86. The van der Waals surface area contributed by atoms with E-state index >= 15 is 0 Å². The van der Waals surface area contributed by atoms with Crippen LogP contribution in [0.4, 0.5) is 0 Å². The molecule has 0 spiro atoms. The van der Waals surface area contributed by atoms with Crippen molar-refractivity contribution in [2.75, 3.05) is 19.8 Å². The summed E-state index contributed by atoms with van der Waals surface area (Å²) in [5.41, 5.74) is -0.0391. The van der Waals surface area contributed by atoms with Crippen LogP contribution in [-0.2, 0) is 9.53 Å². The van der Waals surface area contributed by atoms with E-state index in [-0.39, 0.29) is 17.4 Å². The lowest BCUT2D eigenvalue weighted by molar-refractivity contribution is -0.165. The van der Waals surface area contributed by atoms with Crippen molar-refractivity contribution in [2.24, 2.45) is 28.1 Å². The third-order valence-corrected chi connectivity index (χ3v) is 6.17. The summed E-state index contributed by atoms with van der Waals surface area (Å²) in [7, 11) is 0. The van der Waals surface area contributed by atoms with Crippen molar-refractivity contribution in [1.29, 1.82) is 0 Å². The highest BCUT2D eigenvalue weighted by molar-refractivity contribution is 5.62. The molecule has 3 atom stereocenters. The molecule has 3 rings (SSSR count). The molecular weight excluding hydrogens is 228 g/mol. The normalized spacial score (nSPS) is 43.7. The second kappa shape index (κ2) is 3.80. The summed E-state index contributed by atoms with van der Waals surface area (Å²) in [6.45, 7) is 6.04. The average molecular weight is 252 g/mol. The van der Waals surface area contributed by atoms with Crippen molar-refractivity contribution < 1.29 is 14.6 Å². The fourth-order valence-electron chi connectivity index (χ4n) is 5.10. The lowest BCUT2D eigenvalue weighted by atomic mass is 9.62. The number of carbonyl (C=O) groups is 1. The molecule has 0 aromatic rings. The molecule has 3 heteroatoms. The van der Waals surface area contributed by atoms with E-state index in [9.17, 15) is 9.90 Å². The van der Waals surface area contributed by atoms with Crippen molar-refractivity contribution >= 4 is 6.29 Å². The van der Waals surface area contributed by atoms with Crippen LogP contribution in [0.1, 0.15) is 39.5 Å². The molecule has 1 aliphatic heterocycles. The molecule has 3 nitrogen and oxygen atoms in total. The highest BCUT2D eigenvalue weighted by Crippen LogP contribution is 2.67. The van der Waals surface area contributed by atoms with Crippen molar-refractivity contribution in [3.63, 3.8) is 0 Å². The molecule has 0 amide bonds. The lowest BCUT2D eigenvalue weighted by Gasteiger charge is -2.47. The minimum Gasteiger partial charge on any atom is -0.396 e. The fourth-order valence-corrected chi connectivity index (χ4v) is 5.10. The summed E-state index contributed by atoms with van der Waals surface area (Å²) in [6, 6.07) is 0. The van der Waals surface area contributed by atoms with Gasteiger partial charge in [0.05, 0.1) is 19.8 Å². The number of carbonyl (C=O) groups excluding carboxylic acids is 1. The SMILES string of the molecule is CC1(C)C2CCC1C(C=O)(CC1(CO)COC1)C2. The van der Waals surface area contributed by atoms with E-state index in [2.05, 4.69) is 13.8 Å². The van der Waals surface area contributed by atoms with Crippen molar-refractivity contribution in [2.45, 2.75) is 39.5 Å². The summed E-state index contributed by atoms with van der Waals surface area (Å²) in [5, 5.41) is 9.61. The minimum absolute atomic E-state index is 0.137. The molecule has 1 N–H and O–H groups in total. The number of aldehydes is 1.